The van der Waals surface area contributed by atoms with E-state index in [1.165, 1.54) is 0 Å². The van der Waals surface area contributed by atoms with Crippen LogP contribution >= 0.6 is 0 Å². The van der Waals surface area contributed by atoms with Gasteiger partial charge in [0.2, 0.25) is 0 Å². The van der Waals surface area contributed by atoms with Gasteiger partial charge in [-0.1, -0.05) is 57.2 Å². The lowest BCUT2D eigenvalue weighted by atomic mass is 10.0. The molecule has 2 nitrogen and oxygen atoms in total. The quantitative estimate of drug-likeness (QED) is 0.562. The fourth-order valence-electron chi connectivity index (χ4n) is 1.99. The van der Waals surface area contributed by atoms with Gasteiger partial charge in [-0.15, -0.1) is 6.58 Å². The zero-order valence-electron chi connectivity index (χ0n) is 14.1. The minimum absolute atomic E-state index is 0.0537. The molecule has 0 bridgehead atoms. The van der Waals surface area contributed by atoms with Crippen LogP contribution in [0.4, 0.5) is 0 Å². The van der Waals surface area contributed by atoms with Crippen LogP contribution in [0.2, 0.25) is 18.1 Å². The van der Waals surface area contributed by atoms with Gasteiger partial charge < -0.3 is 9.53 Å². The summed E-state index contributed by atoms with van der Waals surface area (Å²) in [6, 6.07) is 10.2. The minimum atomic E-state index is -1.88. The molecule has 118 valence electrons. The van der Waals surface area contributed by atoms with Gasteiger partial charge in [0.15, 0.2) is 8.32 Å². The monoisotopic (exact) mass is 306 g/mol. The molecule has 0 aromatic heterocycles. The summed E-state index contributed by atoms with van der Waals surface area (Å²) in [6.07, 6.45) is 2.52. The van der Waals surface area contributed by atoms with Gasteiger partial charge in [-0.25, -0.2) is 0 Å². The van der Waals surface area contributed by atoms with E-state index in [0.717, 1.165) is 5.56 Å². The lowest BCUT2D eigenvalue weighted by Gasteiger charge is -2.40. The first-order chi connectivity index (χ1) is 9.67. The van der Waals surface area contributed by atoms with Crippen molar-refractivity contribution >= 4 is 8.32 Å². The maximum absolute atomic E-state index is 10.1. The molecule has 0 radical (unpaired) electrons. The SMILES string of the molecule is C=CC[C@H](O)C[C@H](O[Si](C)(C)C(C)(C)C)c1ccccc1. The van der Waals surface area contributed by atoms with E-state index in [2.05, 4.69) is 52.6 Å². The highest BCUT2D eigenvalue weighted by Gasteiger charge is 2.39. The summed E-state index contributed by atoms with van der Waals surface area (Å²) < 4.78 is 6.55. The molecule has 0 fully saturated rings. The number of aliphatic hydroxyl groups excluding tert-OH is 1. The zero-order valence-corrected chi connectivity index (χ0v) is 15.1. The molecule has 1 N–H and O–H groups in total. The number of hydrogen-bond donors (Lipinski definition) is 1. The predicted octanol–water partition coefficient (Wildman–Crippen LogP) is 5.08. The van der Waals surface area contributed by atoms with Gasteiger partial charge in [0.25, 0.3) is 0 Å². The number of aliphatic hydroxyl groups is 1. The third kappa shape index (κ3) is 5.42. The van der Waals surface area contributed by atoms with Crippen LogP contribution < -0.4 is 0 Å². The Balaban J connectivity index is 2.95. The molecule has 0 spiro atoms. The minimum Gasteiger partial charge on any atom is -0.410 e. The van der Waals surface area contributed by atoms with Crippen molar-refractivity contribution in [2.75, 3.05) is 0 Å². The average molecular weight is 307 g/mol. The molecule has 0 aliphatic rings. The molecule has 0 aliphatic heterocycles. The standard InChI is InChI=1S/C18H30O2Si/c1-7-11-16(19)14-17(15-12-9-8-10-13-15)20-21(5,6)18(2,3)4/h7-10,12-13,16-17,19H,1,11,14H2,2-6H3/t16-,17-/m0/s1. The fraction of sp³-hybridized carbons (Fsp3) is 0.556. The van der Waals surface area contributed by atoms with Crippen LogP contribution in [0, 0.1) is 0 Å². The van der Waals surface area contributed by atoms with E-state index >= 15 is 0 Å². The summed E-state index contributed by atoms with van der Waals surface area (Å²) in [6.45, 7) is 14.9. The number of benzene rings is 1. The molecule has 1 rings (SSSR count). The molecule has 3 heteroatoms. The zero-order chi connectivity index (χ0) is 16.1. The summed E-state index contributed by atoms with van der Waals surface area (Å²) in [5.41, 5.74) is 1.14. The molecule has 1 aromatic carbocycles. The van der Waals surface area contributed by atoms with E-state index in [1.54, 1.807) is 6.08 Å². The van der Waals surface area contributed by atoms with Crippen LogP contribution in [0.25, 0.3) is 0 Å². The Bertz CT molecular complexity index is 434. The van der Waals surface area contributed by atoms with E-state index in [1.807, 2.05) is 18.2 Å². The maximum atomic E-state index is 10.1. The van der Waals surface area contributed by atoms with Crippen LogP contribution in [0.3, 0.4) is 0 Å². The lowest BCUT2D eigenvalue weighted by molar-refractivity contribution is 0.0879. The van der Waals surface area contributed by atoms with Crippen molar-refractivity contribution in [1.82, 2.24) is 0 Å². The summed E-state index contributed by atoms with van der Waals surface area (Å²) in [7, 11) is -1.88. The highest BCUT2D eigenvalue weighted by molar-refractivity contribution is 6.74. The van der Waals surface area contributed by atoms with Crippen molar-refractivity contribution in [3.63, 3.8) is 0 Å². The molecule has 0 saturated heterocycles. The first-order valence-corrected chi connectivity index (χ1v) is 10.6. The van der Waals surface area contributed by atoms with Crippen molar-refractivity contribution in [3.05, 3.63) is 48.6 Å². The Hall–Kier alpha value is -0.903. The van der Waals surface area contributed by atoms with Crippen molar-refractivity contribution in [2.45, 2.75) is 64.0 Å². The van der Waals surface area contributed by atoms with E-state index in [0.29, 0.717) is 12.8 Å². The number of hydrogen-bond acceptors (Lipinski definition) is 2. The average Bonchev–Trinajstić information content (AvgIpc) is 2.37. The third-order valence-electron chi connectivity index (χ3n) is 4.34. The summed E-state index contributed by atoms with van der Waals surface area (Å²) in [5.74, 6) is 0. The molecule has 0 amide bonds. The fourth-order valence-corrected chi connectivity index (χ4v) is 3.29. The van der Waals surface area contributed by atoms with E-state index < -0.39 is 14.4 Å². The number of rotatable bonds is 7. The Morgan fingerprint density at radius 2 is 1.81 bits per heavy atom. The van der Waals surface area contributed by atoms with Crippen molar-refractivity contribution < 1.29 is 9.53 Å². The third-order valence-corrected chi connectivity index (χ3v) is 8.83. The van der Waals surface area contributed by atoms with Crippen LogP contribution in [0.1, 0.15) is 45.3 Å². The molecule has 0 saturated carbocycles. The second-order valence-electron chi connectivity index (χ2n) is 7.19. The smallest absolute Gasteiger partial charge is 0.192 e. The lowest BCUT2D eigenvalue weighted by Crippen LogP contribution is -2.42. The Morgan fingerprint density at radius 3 is 2.29 bits per heavy atom. The topological polar surface area (TPSA) is 29.5 Å². The maximum Gasteiger partial charge on any atom is 0.192 e. The van der Waals surface area contributed by atoms with Gasteiger partial charge >= 0.3 is 0 Å². The molecule has 2 atom stereocenters. The van der Waals surface area contributed by atoms with Gasteiger partial charge in [0.05, 0.1) is 12.2 Å². The second-order valence-corrected chi connectivity index (χ2v) is 11.9. The summed E-state index contributed by atoms with van der Waals surface area (Å²) in [4.78, 5) is 0. The molecule has 0 heterocycles. The summed E-state index contributed by atoms with van der Waals surface area (Å²) >= 11 is 0. The van der Waals surface area contributed by atoms with E-state index in [-0.39, 0.29) is 11.1 Å². The molecule has 0 aliphatic carbocycles. The van der Waals surface area contributed by atoms with Gasteiger partial charge in [-0.3, -0.25) is 0 Å². The first-order valence-electron chi connectivity index (χ1n) is 7.69. The normalized spacial score (nSPS) is 15.5. The highest BCUT2D eigenvalue weighted by Crippen LogP contribution is 2.40. The second kappa shape index (κ2) is 7.39. The molecule has 0 unspecified atom stereocenters. The summed E-state index contributed by atoms with van der Waals surface area (Å²) in [5, 5.41) is 10.3. The van der Waals surface area contributed by atoms with Gasteiger partial charge in [0, 0.05) is 6.42 Å². The van der Waals surface area contributed by atoms with Crippen LogP contribution in [-0.4, -0.2) is 19.5 Å². The van der Waals surface area contributed by atoms with Crippen LogP contribution in [0.15, 0.2) is 43.0 Å². The predicted molar refractivity (Wildman–Crippen MR) is 92.9 cm³/mol. The Labute approximate surface area is 131 Å². The van der Waals surface area contributed by atoms with Crippen LogP contribution in [0.5, 0.6) is 0 Å². The first kappa shape index (κ1) is 18.1. The molecular weight excluding hydrogens is 276 g/mol. The molecular formula is C18H30O2Si. The van der Waals surface area contributed by atoms with Crippen LogP contribution in [-0.2, 0) is 4.43 Å². The van der Waals surface area contributed by atoms with Gasteiger partial charge in [-0.2, -0.15) is 0 Å². The molecule has 21 heavy (non-hydrogen) atoms. The van der Waals surface area contributed by atoms with Gasteiger partial charge in [0.1, 0.15) is 0 Å². The van der Waals surface area contributed by atoms with Crippen molar-refractivity contribution in [2.24, 2.45) is 0 Å². The van der Waals surface area contributed by atoms with Gasteiger partial charge in [-0.05, 0) is 30.1 Å². The van der Waals surface area contributed by atoms with E-state index in [9.17, 15) is 5.11 Å². The van der Waals surface area contributed by atoms with Crippen molar-refractivity contribution in [1.29, 1.82) is 0 Å². The largest absolute Gasteiger partial charge is 0.410 e. The highest BCUT2D eigenvalue weighted by atomic mass is 28.4. The molecule has 1 aromatic rings. The Kier molecular flexibility index (Phi) is 6.38. The Morgan fingerprint density at radius 1 is 1.24 bits per heavy atom. The van der Waals surface area contributed by atoms with Crippen molar-refractivity contribution in [3.8, 4) is 0 Å². The van der Waals surface area contributed by atoms with E-state index in [4.69, 9.17) is 4.43 Å².